The second kappa shape index (κ2) is 10.2. The van der Waals surface area contributed by atoms with Crippen molar-refractivity contribution in [3.05, 3.63) is 148 Å². The van der Waals surface area contributed by atoms with Crippen LogP contribution in [0.15, 0.2) is 125 Å². The second-order valence-electron chi connectivity index (χ2n) is 11.2. The van der Waals surface area contributed by atoms with Gasteiger partial charge in [0.25, 0.3) is 0 Å². The molecule has 47 heavy (non-hydrogen) atoms. The van der Waals surface area contributed by atoms with Gasteiger partial charge in [-0.1, -0.05) is 54.6 Å². The van der Waals surface area contributed by atoms with Crippen LogP contribution in [0.4, 0.5) is 25.2 Å². The first kappa shape index (κ1) is 30.2. The van der Waals surface area contributed by atoms with Crippen molar-refractivity contribution in [3.8, 4) is 33.4 Å². The number of hydrogen-bond acceptors (Lipinski definition) is 3. The summed E-state index contributed by atoms with van der Waals surface area (Å²) in [5, 5.41) is 10.8. The Morgan fingerprint density at radius 2 is 0.617 bits per heavy atom. The van der Waals surface area contributed by atoms with E-state index in [4.69, 9.17) is 0 Å². The molecule has 0 bridgehead atoms. The average Bonchev–Trinajstić information content (AvgIpc) is 3.79. The van der Waals surface area contributed by atoms with Gasteiger partial charge in [-0.15, -0.1) is 34.0 Å². The van der Waals surface area contributed by atoms with E-state index in [1.165, 1.54) is 86.2 Å². The van der Waals surface area contributed by atoms with Crippen LogP contribution in [0.3, 0.4) is 0 Å². The zero-order chi connectivity index (χ0) is 32.6. The van der Waals surface area contributed by atoms with E-state index in [1.54, 1.807) is 0 Å². The van der Waals surface area contributed by atoms with Crippen molar-refractivity contribution in [1.82, 2.24) is 0 Å². The maximum atomic E-state index is 9.87. The van der Waals surface area contributed by atoms with Gasteiger partial charge < -0.3 is 0 Å². The molecule has 0 radical (unpaired) electrons. The van der Waals surface area contributed by atoms with Crippen molar-refractivity contribution in [1.29, 1.82) is 0 Å². The van der Waals surface area contributed by atoms with Crippen molar-refractivity contribution in [3.63, 3.8) is 0 Å². The Balaban J connectivity index is 0.000000420. The summed E-state index contributed by atoms with van der Waals surface area (Å²) in [4.78, 5) is 0. The summed E-state index contributed by atoms with van der Waals surface area (Å²) in [7, 11) is -10.7. The van der Waals surface area contributed by atoms with E-state index in [2.05, 4.69) is 125 Å². The first-order valence-electron chi connectivity index (χ1n) is 14.4. The van der Waals surface area contributed by atoms with Gasteiger partial charge in [0.1, 0.15) is 0 Å². The number of halogens is 6. The van der Waals surface area contributed by atoms with E-state index in [9.17, 15) is 25.2 Å². The van der Waals surface area contributed by atoms with Gasteiger partial charge in [0.15, 0.2) is 0 Å². The molecule has 6 aliphatic carbocycles. The van der Waals surface area contributed by atoms with Gasteiger partial charge in [0.05, 0.1) is 36.7 Å². The van der Waals surface area contributed by atoms with Gasteiger partial charge in [0, 0.05) is 49.5 Å². The van der Waals surface area contributed by atoms with Crippen molar-refractivity contribution >= 4 is 72.1 Å². The van der Waals surface area contributed by atoms with Crippen molar-refractivity contribution in [2.24, 2.45) is 0 Å². The van der Waals surface area contributed by atoms with Crippen LogP contribution in [0.1, 0.15) is 16.7 Å². The Morgan fingerprint density at radius 1 is 0.362 bits per heavy atom. The van der Waals surface area contributed by atoms with Crippen LogP contribution in [-0.4, -0.2) is 0 Å². The number of hydrogen-bond donors (Lipinski definition) is 0. The van der Waals surface area contributed by atoms with Crippen LogP contribution in [-0.2, 0) is 0 Å². The Kier molecular flexibility index (Phi) is 6.54. The molecular formula is C37H21F6PS3. The SMILES string of the molecule is F[P-](F)(F)(F)(F)F.c1ccc2c([C+](c3c4cccccc-4c4sccc34)c3c4cccccc-4c4sccc34)c3ccsc3c-2cc1. The molecule has 9 rings (SSSR count). The molecule has 0 aromatic carbocycles. The number of thiophene rings is 3. The molecule has 0 atom stereocenters. The van der Waals surface area contributed by atoms with E-state index < -0.39 is 7.81 Å². The van der Waals surface area contributed by atoms with Crippen molar-refractivity contribution in [2.75, 3.05) is 0 Å². The second-order valence-corrected chi connectivity index (χ2v) is 15.8. The molecule has 0 spiro atoms. The third kappa shape index (κ3) is 5.51. The molecule has 3 aromatic heterocycles. The molecule has 0 saturated heterocycles. The molecule has 10 heteroatoms. The minimum atomic E-state index is -10.7. The zero-order valence-electron chi connectivity index (χ0n) is 24.1. The predicted octanol–water partition coefficient (Wildman–Crippen LogP) is 15.0. The van der Waals surface area contributed by atoms with E-state index >= 15 is 0 Å². The molecule has 6 aliphatic rings. The molecule has 0 fully saturated rings. The van der Waals surface area contributed by atoms with Crippen LogP contribution < -0.4 is 0 Å². The van der Waals surface area contributed by atoms with E-state index in [-0.39, 0.29) is 0 Å². The quantitative estimate of drug-likeness (QED) is 0.0975. The van der Waals surface area contributed by atoms with Gasteiger partial charge in [-0.25, -0.2) is 0 Å². The molecule has 0 amide bonds. The fourth-order valence-electron chi connectivity index (χ4n) is 6.65. The fourth-order valence-corrected chi connectivity index (χ4v) is 9.48. The maximum absolute atomic E-state index is 10.7. The summed E-state index contributed by atoms with van der Waals surface area (Å²) in [5.41, 5.74) is 12.0. The van der Waals surface area contributed by atoms with E-state index in [0.717, 1.165) is 0 Å². The summed E-state index contributed by atoms with van der Waals surface area (Å²) in [6.45, 7) is 0. The molecule has 3 aromatic rings. The topological polar surface area (TPSA) is 0 Å². The van der Waals surface area contributed by atoms with Crippen LogP contribution >= 0.6 is 41.8 Å². The summed E-state index contributed by atoms with van der Waals surface area (Å²) in [6, 6.07) is 40.4. The Labute approximate surface area is 277 Å². The van der Waals surface area contributed by atoms with E-state index in [0.29, 0.717) is 0 Å². The molecule has 0 N–H and O–H groups in total. The molecule has 0 saturated carbocycles. The minimum Gasteiger partial charge on any atom is -0.136 e. The molecular weight excluding hydrogens is 686 g/mol. The third-order valence-corrected chi connectivity index (χ3v) is 11.1. The Hall–Kier alpha value is -4.14. The maximum Gasteiger partial charge on any atom is 0.0723 e. The van der Waals surface area contributed by atoms with E-state index in [1.807, 2.05) is 34.0 Å². The van der Waals surface area contributed by atoms with Crippen LogP contribution in [0.5, 0.6) is 0 Å². The minimum absolute atomic E-state index is 1.32. The average molecular weight is 707 g/mol. The number of rotatable bonds is 3. The van der Waals surface area contributed by atoms with Crippen molar-refractivity contribution < 1.29 is 25.2 Å². The molecule has 0 nitrogen and oxygen atoms in total. The monoisotopic (exact) mass is 706 g/mol. The fraction of sp³-hybridized carbons (Fsp3) is 0. The standard InChI is InChI=1S/C37H21S3.F6P/c1-4-10-22-25(13-7-1)35-28(16-19-38-35)31(22)34(32-23-11-5-2-8-14-26(23)36-29(32)17-20-39-36)33-24-12-6-3-9-15-27(24)37-30(33)18-21-40-37;1-7(2,3,4,5)6/h1-21H;/q+1;-1. The van der Waals surface area contributed by atoms with Crippen LogP contribution in [0.2, 0.25) is 0 Å². The first-order chi connectivity index (χ1) is 22.3. The zero-order valence-corrected chi connectivity index (χ0v) is 27.4. The summed E-state index contributed by atoms with van der Waals surface area (Å²) in [5.74, 6) is 1.35. The van der Waals surface area contributed by atoms with Gasteiger partial charge in [-0.2, -0.15) is 0 Å². The van der Waals surface area contributed by atoms with Gasteiger partial charge in [0.2, 0.25) is 0 Å². The first-order valence-corrected chi connectivity index (χ1v) is 19.1. The smallest absolute Gasteiger partial charge is 0.0723 e. The van der Waals surface area contributed by atoms with Gasteiger partial charge >= 0.3 is 33.0 Å². The largest absolute Gasteiger partial charge is 0.136 e. The predicted molar refractivity (Wildman–Crippen MR) is 189 cm³/mol. The molecule has 0 unspecified atom stereocenters. The van der Waals surface area contributed by atoms with Gasteiger partial charge in [-0.3, -0.25) is 0 Å². The summed E-state index contributed by atoms with van der Waals surface area (Å²) >= 11 is 5.55. The Morgan fingerprint density at radius 3 is 0.894 bits per heavy atom. The van der Waals surface area contributed by atoms with Crippen LogP contribution in [0.25, 0.3) is 63.6 Å². The normalized spacial score (nSPS) is 13.7. The molecule has 234 valence electrons. The summed E-state index contributed by atoms with van der Waals surface area (Å²) in [6.07, 6.45) is 0. The Bertz CT molecular complexity index is 2220. The molecule has 3 heterocycles. The van der Waals surface area contributed by atoms with Crippen LogP contribution in [0, 0.1) is 5.92 Å². The van der Waals surface area contributed by atoms with Gasteiger partial charge in [-0.05, 0) is 70.7 Å². The molecule has 0 aliphatic heterocycles. The van der Waals surface area contributed by atoms with Crippen molar-refractivity contribution in [2.45, 2.75) is 0 Å². The summed E-state index contributed by atoms with van der Waals surface area (Å²) < 4.78 is 63.3. The third-order valence-electron chi connectivity index (χ3n) is 8.21. The number of fused-ring (bicyclic) bond motifs is 9.